The number of benzene rings is 1. The summed E-state index contributed by atoms with van der Waals surface area (Å²) in [5.74, 6) is 1.16. The van der Waals surface area contributed by atoms with Gasteiger partial charge in [-0.25, -0.2) is 0 Å². The molecule has 100 valence electrons. The minimum Gasteiger partial charge on any atom is -0.508 e. The van der Waals surface area contributed by atoms with Crippen molar-refractivity contribution in [3.05, 3.63) is 29.3 Å². The lowest BCUT2D eigenvalue weighted by molar-refractivity contribution is 0.384. The van der Waals surface area contributed by atoms with E-state index in [1.165, 1.54) is 36.8 Å². The molecule has 2 N–H and O–H groups in total. The van der Waals surface area contributed by atoms with E-state index >= 15 is 0 Å². The molecular weight excluding hydrogens is 222 g/mol. The highest BCUT2D eigenvalue weighted by molar-refractivity contribution is 5.38. The number of hydrogen-bond acceptors (Lipinski definition) is 2. The number of fused-ring (bicyclic) bond motifs is 1. The molecule has 0 heterocycles. The Balaban J connectivity index is 2.05. The highest BCUT2D eigenvalue weighted by atomic mass is 16.3. The number of aryl methyl sites for hydroxylation is 1. The van der Waals surface area contributed by atoms with E-state index in [0.717, 1.165) is 18.9 Å². The molecule has 2 heteroatoms. The van der Waals surface area contributed by atoms with Crippen molar-refractivity contribution in [3.63, 3.8) is 0 Å². The highest BCUT2D eigenvalue weighted by Gasteiger charge is 2.20. The summed E-state index contributed by atoms with van der Waals surface area (Å²) in [6.45, 7) is 5.61. The molecule has 0 saturated heterocycles. The standard InChI is InChI=1S/C16H25NO/c1-3-12(4-2)11-17-16-7-5-6-13-8-9-14(18)10-15(13)16/h8-10,12,16-18H,3-7,11H2,1-2H3. The van der Waals surface area contributed by atoms with Crippen LogP contribution in [0.1, 0.15) is 56.7 Å². The molecule has 1 aromatic carbocycles. The van der Waals surface area contributed by atoms with Gasteiger partial charge in [0.25, 0.3) is 0 Å². The second kappa shape index (κ2) is 6.24. The minimum atomic E-state index is 0.394. The van der Waals surface area contributed by atoms with Crippen molar-refractivity contribution in [2.75, 3.05) is 6.54 Å². The van der Waals surface area contributed by atoms with Crippen molar-refractivity contribution in [3.8, 4) is 5.75 Å². The smallest absolute Gasteiger partial charge is 0.115 e. The van der Waals surface area contributed by atoms with Crippen LogP contribution < -0.4 is 5.32 Å². The third kappa shape index (κ3) is 3.05. The summed E-state index contributed by atoms with van der Waals surface area (Å²) in [5.41, 5.74) is 2.72. The molecule has 0 spiro atoms. The van der Waals surface area contributed by atoms with Gasteiger partial charge in [0.05, 0.1) is 0 Å². The fourth-order valence-corrected chi connectivity index (χ4v) is 2.88. The van der Waals surface area contributed by atoms with E-state index in [1.54, 1.807) is 0 Å². The van der Waals surface area contributed by atoms with Crippen LogP contribution in [0, 0.1) is 5.92 Å². The van der Waals surface area contributed by atoms with Crippen LogP contribution in [0.2, 0.25) is 0 Å². The number of hydrogen-bond donors (Lipinski definition) is 2. The summed E-state index contributed by atoms with van der Waals surface area (Å²) < 4.78 is 0. The van der Waals surface area contributed by atoms with Gasteiger partial charge in [-0.1, -0.05) is 32.8 Å². The number of aromatic hydroxyl groups is 1. The van der Waals surface area contributed by atoms with Gasteiger partial charge in [0.1, 0.15) is 5.75 Å². The summed E-state index contributed by atoms with van der Waals surface area (Å²) in [6.07, 6.45) is 6.07. The molecule has 0 saturated carbocycles. The molecule has 1 aliphatic rings. The number of nitrogens with one attached hydrogen (secondary N) is 1. The molecule has 1 unspecified atom stereocenters. The van der Waals surface area contributed by atoms with E-state index in [9.17, 15) is 5.11 Å². The van der Waals surface area contributed by atoms with E-state index < -0.39 is 0 Å². The van der Waals surface area contributed by atoms with Crippen molar-refractivity contribution in [1.29, 1.82) is 0 Å². The van der Waals surface area contributed by atoms with Crippen molar-refractivity contribution in [2.45, 2.75) is 52.0 Å². The Morgan fingerprint density at radius 3 is 2.83 bits per heavy atom. The van der Waals surface area contributed by atoms with Crippen LogP contribution in [-0.4, -0.2) is 11.7 Å². The second-order valence-electron chi connectivity index (χ2n) is 5.42. The van der Waals surface area contributed by atoms with Gasteiger partial charge in [-0.15, -0.1) is 0 Å². The molecule has 18 heavy (non-hydrogen) atoms. The van der Waals surface area contributed by atoms with Gasteiger partial charge >= 0.3 is 0 Å². The normalized spacial score (nSPS) is 18.9. The maximum absolute atomic E-state index is 9.65. The maximum Gasteiger partial charge on any atom is 0.115 e. The molecule has 0 radical (unpaired) electrons. The Labute approximate surface area is 110 Å². The molecule has 2 rings (SSSR count). The molecule has 0 amide bonds. The van der Waals surface area contributed by atoms with Crippen LogP contribution >= 0.6 is 0 Å². The van der Waals surface area contributed by atoms with E-state index in [-0.39, 0.29) is 0 Å². The van der Waals surface area contributed by atoms with Crippen LogP contribution in [0.25, 0.3) is 0 Å². The Bertz CT molecular complexity index is 385. The summed E-state index contributed by atoms with van der Waals surface area (Å²) in [5, 5.41) is 13.3. The molecular formula is C16H25NO. The first-order chi connectivity index (χ1) is 8.74. The quantitative estimate of drug-likeness (QED) is 0.829. The van der Waals surface area contributed by atoms with E-state index in [2.05, 4.69) is 25.2 Å². The first-order valence-corrected chi connectivity index (χ1v) is 7.29. The fourth-order valence-electron chi connectivity index (χ4n) is 2.88. The van der Waals surface area contributed by atoms with Gasteiger partial charge in [0, 0.05) is 6.04 Å². The molecule has 0 bridgehead atoms. The summed E-state index contributed by atoms with van der Waals surface area (Å²) in [4.78, 5) is 0. The zero-order valence-corrected chi connectivity index (χ0v) is 11.6. The molecule has 1 aliphatic carbocycles. The van der Waals surface area contributed by atoms with Gasteiger partial charge in [-0.3, -0.25) is 0 Å². The number of phenolic OH excluding ortho intramolecular Hbond substituents is 1. The minimum absolute atomic E-state index is 0.394. The van der Waals surface area contributed by atoms with Crippen LogP contribution in [-0.2, 0) is 6.42 Å². The van der Waals surface area contributed by atoms with Crippen LogP contribution in [0.3, 0.4) is 0 Å². The second-order valence-corrected chi connectivity index (χ2v) is 5.42. The van der Waals surface area contributed by atoms with Crippen LogP contribution in [0.15, 0.2) is 18.2 Å². The Morgan fingerprint density at radius 1 is 1.33 bits per heavy atom. The van der Waals surface area contributed by atoms with Crippen LogP contribution in [0.5, 0.6) is 5.75 Å². The first-order valence-electron chi connectivity index (χ1n) is 7.29. The monoisotopic (exact) mass is 247 g/mol. The summed E-state index contributed by atoms with van der Waals surface area (Å²) in [6, 6.07) is 6.26. The van der Waals surface area contributed by atoms with Crippen molar-refractivity contribution < 1.29 is 5.11 Å². The van der Waals surface area contributed by atoms with E-state index in [1.807, 2.05) is 12.1 Å². The van der Waals surface area contributed by atoms with Gasteiger partial charge in [-0.2, -0.15) is 0 Å². The fraction of sp³-hybridized carbons (Fsp3) is 0.625. The topological polar surface area (TPSA) is 32.3 Å². The number of rotatable bonds is 5. The van der Waals surface area contributed by atoms with Crippen molar-refractivity contribution >= 4 is 0 Å². The highest BCUT2D eigenvalue weighted by Crippen LogP contribution is 2.32. The lowest BCUT2D eigenvalue weighted by Gasteiger charge is -2.28. The molecule has 1 atom stereocenters. The van der Waals surface area contributed by atoms with Gasteiger partial charge in [-0.05, 0) is 55.0 Å². The Morgan fingerprint density at radius 2 is 2.11 bits per heavy atom. The third-order valence-corrected chi connectivity index (χ3v) is 4.25. The first kappa shape index (κ1) is 13.4. The molecule has 0 fully saturated rings. The predicted octanol–water partition coefficient (Wildman–Crippen LogP) is 3.80. The zero-order chi connectivity index (χ0) is 13.0. The SMILES string of the molecule is CCC(CC)CNC1CCCc2ccc(O)cc21. The Kier molecular flexibility index (Phi) is 4.65. The van der Waals surface area contributed by atoms with Gasteiger partial charge in [0.15, 0.2) is 0 Å². The molecule has 1 aromatic rings. The largest absolute Gasteiger partial charge is 0.508 e. The van der Waals surface area contributed by atoms with Gasteiger partial charge in [0.2, 0.25) is 0 Å². The van der Waals surface area contributed by atoms with Gasteiger partial charge < -0.3 is 10.4 Å². The third-order valence-electron chi connectivity index (χ3n) is 4.25. The van der Waals surface area contributed by atoms with E-state index in [0.29, 0.717) is 11.8 Å². The van der Waals surface area contributed by atoms with E-state index in [4.69, 9.17) is 0 Å². The number of phenols is 1. The Hall–Kier alpha value is -1.02. The predicted molar refractivity (Wildman–Crippen MR) is 75.9 cm³/mol. The zero-order valence-electron chi connectivity index (χ0n) is 11.6. The summed E-state index contributed by atoms with van der Waals surface area (Å²) >= 11 is 0. The molecule has 0 aromatic heterocycles. The van der Waals surface area contributed by atoms with Crippen LogP contribution in [0.4, 0.5) is 0 Å². The maximum atomic E-state index is 9.65. The molecule has 0 aliphatic heterocycles. The average molecular weight is 247 g/mol. The van der Waals surface area contributed by atoms with Crippen molar-refractivity contribution in [2.24, 2.45) is 5.92 Å². The summed E-state index contributed by atoms with van der Waals surface area (Å²) in [7, 11) is 0. The van der Waals surface area contributed by atoms with Crippen molar-refractivity contribution in [1.82, 2.24) is 5.32 Å². The average Bonchev–Trinajstić information content (AvgIpc) is 2.40. The lowest BCUT2D eigenvalue weighted by Crippen LogP contribution is -2.29. The lowest BCUT2D eigenvalue weighted by atomic mass is 9.87. The molecule has 2 nitrogen and oxygen atoms in total.